The summed E-state index contributed by atoms with van der Waals surface area (Å²) in [5.41, 5.74) is -0.0219. The molecule has 18 heavy (non-hydrogen) atoms. The second-order valence-corrected chi connectivity index (χ2v) is 5.15. The number of aromatic carboxylic acids is 1. The molecule has 0 bridgehead atoms. The number of amides is 2. The smallest absolute Gasteiger partial charge is 0.355 e. The number of rotatable bonds is 5. The summed E-state index contributed by atoms with van der Waals surface area (Å²) < 4.78 is 0. The predicted octanol–water partition coefficient (Wildman–Crippen LogP) is 0.949. The Morgan fingerprint density at radius 2 is 2.33 bits per heavy atom. The molecule has 0 aliphatic carbocycles. The topological polar surface area (TPSA) is 99.6 Å². The minimum absolute atomic E-state index is 0.0219. The second kappa shape index (κ2) is 5.36. The number of carbonyl (C=O) groups is 3. The highest BCUT2D eigenvalue weighted by Gasteiger charge is 2.29. The van der Waals surface area contributed by atoms with Gasteiger partial charge in [0.15, 0.2) is 10.8 Å². The van der Waals surface area contributed by atoms with Crippen LogP contribution in [0, 0.1) is 0 Å². The van der Waals surface area contributed by atoms with Gasteiger partial charge in [0.2, 0.25) is 5.91 Å². The van der Waals surface area contributed by atoms with Gasteiger partial charge in [0, 0.05) is 18.5 Å². The highest BCUT2D eigenvalue weighted by molar-refractivity contribution is 8.14. The summed E-state index contributed by atoms with van der Waals surface area (Å²) in [5, 5.41) is 13.2. The molecule has 1 aliphatic heterocycles. The number of thioether (sulfide) groups is 1. The number of anilines is 1. The van der Waals surface area contributed by atoms with Gasteiger partial charge in [-0.3, -0.25) is 14.5 Å². The molecule has 1 fully saturated rings. The first-order valence-corrected chi connectivity index (χ1v) is 6.84. The van der Waals surface area contributed by atoms with Crippen molar-refractivity contribution >= 4 is 45.3 Å². The van der Waals surface area contributed by atoms with E-state index in [1.54, 1.807) is 0 Å². The first-order valence-electron chi connectivity index (χ1n) is 4.98. The Labute approximate surface area is 110 Å². The molecule has 0 spiro atoms. The quantitative estimate of drug-likeness (QED) is 0.831. The van der Waals surface area contributed by atoms with Crippen LogP contribution in [-0.2, 0) is 4.79 Å². The van der Waals surface area contributed by atoms with Gasteiger partial charge in [-0.1, -0.05) is 11.8 Å². The number of hydrogen-bond acceptors (Lipinski definition) is 7. The van der Waals surface area contributed by atoms with Crippen LogP contribution in [0.3, 0.4) is 0 Å². The van der Waals surface area contributed by atoms with E-state index in [1.165, 1.54) is 21.6 Å². The molecule has 1 aliphatic rings. The number of hydrogen-bond donors (Lipinski definition) is 2. The van der Waals surface area contributed by atoms with Crippen molar-refractivity contribution in [3.05, 3.63) is 11.1 Å². The Hall–Kier alpha value is -1.61. The molecule has 2 heterocycles. The maximum atomic E-state index is 11.3. The lowest BCUT2D eigenvalue weighted by Crippen LogP contribution is -2.33. The van der Waals surface area contributed by atoms with Gasteiger partial charge in [-0.2, -0.15) is 0 Å². The zero-order valence-electron chi connectivity index (χ0n) is 9.08. The summed E-state index contributed by atoms with van der Waals surface area (Å²) in [4.78, 5) is 38.2. The van der Waals surface area contributed by atoms with Crippen molar-refractivity contribution in [2.45, 2.75) is 0 Å². The summed E-state index contributed by atoms with van der Waals surface area (Å²) in [6.45, 7) is 0.608. The number of nitrogens with zero attached hydrogens (tertiary/aromatic N) is 2. The third-order valence-electron chi connectivity index (χ3n) is 2.18. The van der Waals surface area contributed by atoms with E-state index in [1.807, 2.05) is 0 Å². The first-order chi connectivity index (χ1) is 8.58. The Bertz CT molecular complexity index is 486. The van der Waals surface area contributed by atoms with Crippen LogP contribution < -0.4 is 5.32 Å². The number of carboxylic acid groups (broad SMARTS) is 1. The molecule has 0 aromatic carbocycles. The number of carbonyl (C=O) groups excluding carboxylic acids is 2. The van der Waals surface area contributed by atoms with Crippen molar-refractivity contribution < 1.29 is 19.5 Å². The number of nitrogens with one attached hydrogen (secondary N) is 1. The largest absolute Gasteiger partial charge is 0.476 e. The fourth-order valence-electron chi connectivity index (χ4n) is 1.32. The van der Waals surface area contributed by atoms with E-state index in [0.29, 0.717) is 11.7 Å². The van der Waals surface area contributed by atoms with Gasteiger partial charge in [0.25, 0.3) is 5.24 Å². The molecule has 1 aromatic heterocycles. The molecular formula is C9H9N3O4S2. The SMILES string of the molecule is O=C(O)c1csc(NCCN2C(=O)CSC2=O)n1. The van der Waals surface area contributed by atoms with Gasteiger partial charge < -0.3 is 10.4 Å². The molecular weight excluding hydrogens is 278 g/mol. The number of carboxylic acids is 1. The van der Waals surface area contributed by atoms with E-state index in [2.05, 4.69) is 10.3 Å². The van der Waals surface area contributed by atoms with Crippen molar-refractivity contribution in [2.24, 2.45) is 0 Å². The standard InChI is InChI=1S/C9H9N3O4S2/c13-6-4-18-9(16)12(6)2-1-10-8-11-5(3-17-8)7(14)15/h3H,1-2,4H2,(H,10,11)(H,14,15). The summed E-state index contributed by atoms with van der Waals surface area (Å²) in [7, 11) is 0. The average Bonchev–Trinajstić information content (AvgIpc) is 2.90. The minimum Gasteiger partial charge on any atom is -0.476 e. The van der Waals surface area contributed by atoms with E-state index in [4.69, 9.17) is 5.11 Å². The van der Waals surface area contributed by atoms with E-state index in [-0.39, 0.29) is 29.1 Å². The van der Waals surface area contributed by atoms with E-state index >= 15 is 0 Å². The number of imide groups is 1. The average molecular weight is 287 g/mol. The Morgan fingerprint density at radius 1 is 1.56 bits per heavy atom. The third kappa shape index (κ3) is 2.79. The van der Waals surface area contributed by atoms with Gasteiger partial charge >= 0.3 is 5.97 Å². The van der Waals surface area contributed by atoms with E-state index < -0.39 is 5.97 Å². The first kappa shape index (κ1) is 12.8. The molecule has 0 saturated carbocycles. The molecule has 96 valence electrons. The molecule has 1 saturated heterocycles. The Balaban J connectivity index is 1.83. The minimum atomic E-state index is -1.08. The molecule has 0 radical (unpaired) electrons. The lowest BCUT2D eigenvalue weighted by molar-refractivity contribution is -0.124. The highest BCUT2D eigenvalue weighted by atomic mass is 32.2. The number of aromatic nitrogens is 1. The van der Waals surface area contributed by atoms with Gasteiger partial charge in [-0.25, -0.2) is 9.78 Å². The lowest BCUT2D eigenvalue weighted by Gasteiger charge is -2.12. The predicted molar refractivity (Wildman–Crippen MR) is 67.1 cm³/mol. The fourth-order valence-corrected chi connectivity index (χ4v) is 2.79. The summed E-state index contributed by atoms with van der Waals surface area (Å²) in [6.07, 6.45) is 0. The van der Waals surface area contributed by atoms with Crippen molar-refractivity contribution in [1.29, 1.82) is 0 Å². The molecule has 0 unspecified atom stereocenters. The highest BCUT2D eigenvalue weighted by Crippen LogP contribution is 2.19. The van der Waals surface area contributed by atoms with Crippen LogP contribution in [0.15, 0.2) is 5.38 Å². The maximum absolute atomic E-state index is 11.3. The van der Waals surface area contributed by atoms with Crippen LogP contribution in [0.2, 0.25) is 0 Å². The second-order valence-electron chi connectivity index (χ2n) is 3.37. The van der Waals surface area contributed by atoms with Gasteiger partial charge in [0.1, 0.15) is 0 Å². The monoisotopic (exact) mass is 287 g/mol. The van der Waals surface area contributed by atoms with E-state index in [0.717, 1.165) is 11.8 Å². The van der Waals surface area contributed by atoms with Gasteiger partial charge in [0.05, 0.1) is 5.75 Å². The third-order valence-corrected chi connectivity index (χ3v) is 3.83. The van der Waals surface area contributed by atoms with Gasteiger partial charge in [-0.05, 0) is 0 Å². The van der Waals surface area contributed by atoms with Crippen LogP contribution in [0.5, 0.6) is 0 Å². The van der Waals surface area contributed by atoms with Crippen LogP contribution in [0.4, 0.5) is 9.93 Å². The van der Waals surface area contributed by atoms with Crippen molar-refractivity contribution in [2.75, 3.05) is 24.2 Å². The molecule has 2 rings (SSSR count). The maximum Gasteiger partial charge on any atom is 0.355 e. The Kier molecular flexibility index (Phi) is 3.82. The van der Waals surface area contributed by atoms with Crippen molar-refractivity contribution in [3.63, 3.8) is 0 Å². The number of thiazole rings is 1. The lowest BCUT2D eigenvalue weighted by atomic mass is 10.5. The van der Waals surface area contributed by atoms with Crippen LogP contribution in [-0.4, -0.2) is 50.9 Å². The van der Waals surface area contributed by atoms with Crippen LogP contribution >= 0.6 is 23.1 Å². The zero-order valence-corrected chi connectivity index (χ0v) is 10.7. The van der Waals surface area contributed by atoms with Crippen LogP contribution in [0.25, 0.3) is 0 Å². The fraction of sp³-hybridized carbons (Fsp3) is 0.333. The Morgan fingerprint density at radius 3 is 2.89 bits per heavy atom. The van der Waals surface area contributed by atoms with Crippen LogP contribution in [0.1, 0.15) is 10.5 Å². The normalized spacial score (nSPS) is 15.2. The zero-order chi connectivity index (χ0) is 13.1. The van der Waals surface area contributed by atoms with E-state index in [9.17, 15) is 14.4 Å². The molecule has 7 nitrogen and oxygen atoms in total. The van der Waals surface area contributed by atoms with Crippen molar-refractivity contribution in [3.8, 4) is 0 Å². The summed E-state index contributed by atoms with van der Waals surface area (Å²) in [6, 6.07) is 0. The molecule has 2 N–H and O–H groups in total. The molecule has 2 amide bonds. The molecule has 1 aromatic rings. The summed E-state index contributed by atoms with van der Waals surface area (Å²) in [5.74, 6) is -1.09. The van der Waals surface area contributed by atoms with Crippen molar-refractivity contribution in [1.82, 2.24) is 9.88 Å². The summed E-state index contributed by atoms with van der Waals surface area (Å²) >= 11 is 2.15. The molecule has 9 heteroatoms. The van der Waals surface area contributed by atoms with Gasteiger partial charge in [-0.15, -0.1) is 11.3 Å². The molecule has 0 atom stereocenters.